The van der Waals surface area contributed by atoms with Crippen molar-refractivity contribution in [3.05, 3.63) is 35.4 Å². The number of rotatable bonds is 4. The average molecular weight is 249 g/mol. The van der Waals surface area contributed by atoms with E-state index in [1.807, 2.05) is 0 Å². The van der Waals surface area contributed by atoms with E-state index in [0.717, 1.165) is 26.2 Å². The van der Waals surface area contributed by atoms with Gasteiger partial charge < -0.3 is 9.84 Å². The summed E-state index contributed by atoms with van der Waals surface area (Å²) in [5.41, 5.74) is 2.71. The molecule has 1 aliphatic heterocycles. The van der Waals surface area contributed by atoms with E-state index in [9.17, 15) is 0 Å². The summed E-state index contributed by atoms with van der Waals surface area (Å²) in [6, 6.07) is 8.84. The third-order valence-electron chi connectivity index (χ3n) is 3.48. The molecule has 1 aromatic carbocycles. The first kappa shape index (κ1) is 13.5. The lowest BCUT2D eigenvalue weighted by Crippen LogP contribution is -2.43. The molecule has 1 N–H and O–H groups in total. The van der Waals surface area contributed by atoms with Gasteiger partial charge in [-0.3, -0.25) is 4.90 Å². The molecule has 18 heavy (non-hydrogen) atoms. The molecule has 0 aromatic heterocycles. The fourth-order valence-corrected chi connectivity index (χ4v) is 2.30. The second-order valence-corrected chi connectivity index (χ2v) is 5.31. The Labute approximate surface area is 109 Å². The van der Waals surface area contributed by atoms with Gasteiger partial charge in [-0.05, 0) is 17.0 Å². The number of aliphatic hydroxyl groups excluding tert-OH is 1. The van der Waals surface area contributed by atoms with Crippen molar-refractivity contribution in [2.45, 2.75) is 32.4 Å². The molecule has 3 heteroatoms. The minimum atomic E-state index is -0.0197. The van der Waals surface area contributed by atoms with Crippen molar-refractivity contribution in [1.82, 2.24) is 4.90 Å². The van der Waals surface area contributed by atoms with Crippen LogP contribution in [0.4, 0.5) is 0 Å². The predicted molar refractivity (Wildman–Crippen MR) is 72.6 cm³/mol. The van der Waals surface area contributed by atoms with Crippen molar-refractivity contribution in [1.29, 1.82) is 0 Å². The number of morpholine rings is 1. The summed E-state index contributed by atoms with van der Waals surface area (Å²) in [5.74, 6) is 0.584. The van der Waals surface area contributed by atoms with E-state index in [1.165, 1.54) is 11.1 Å². The summed E-state index contributed by atoms with van der Waals surface area (Å²) in [4.78, 5) is 2.34. The molecule has 0 saturated carbocycles. The van der Waals surface area contributed by atoms with E-state index in [0.29, 0.717) is 5.92 Å². The molecule has 1 saturated heterocycles. The Hall–Kier alpha value is -0.900. The molecule has 0 spiro atoms. The van der Waals surface area contributed by atoms with Crippen molar-refractivity contribution in [3.63, 3.8) is 0 Å². The van der Waals surface area contributed by atoms with Gasteiger partial charge >= 0.3 is 0 Å². The quantitative estimate of drug-likeness (QED) is 0.886. The standard InChI is InChI=1S/C15H23NO2/c1-12(2)14-5-3-13(4-6-14)9-16-7-8-18-15(10-16)11-17/h3-6,12,15,17H,7-11H2,1-2H3. The maximum absolute atomic E-state index is 9.12. The van der Waals surface area contributed by atoms with Crippen LogP contribution in [0.15, 0.2) is 24.3 Å². The highest BCUT2D eigenvalue weighted by atomic mass is 16.5. The lowest BCUT2D eigenvalue weighted by molar-refractivity contribution is -0.0551. The van der Waals surface area contributed by atoms with Crippen molar-refractivity contribution in [2.24, 2.45) is 0 Å². The molecule has 0 bridgehead atoms. The molecule has 1 atom stereocenters. The first-order valence-corrected chi connectivity index (χ1v) is 6.72. The number of hydrogen-bond donors (Lipinski definition) is 1. The molecule has 1 aromatic rings. The predicted octanol–water partition coefficient (Wildman–Crippen LogP) is 2.00. The second-order valence-electron chi connectivity index (χ2n) is 5.31. The molecule has 3 nitrogen and oxygen atoms in total. The maximum Gasteiger partial charge on any atom is 0.0933 e. The van der Waals surface area contributed by atoms with Crippen molar-refractivity contribution < 1.29 is 9.84 Å². The molecule has 0 amide bonds. The topological polar surface area (TPSA) is 32.7 Å². The van der Waals surface area contributed by atoms with Gasteiger partial charge in [0.25, 0.3) is 0 Å². The van der Waals surface area contributed by atoms with Gasteiger partial charge in [0.2, 0.25) is 0 Å². The molecule has 1 fully saturated rings. The van der Waals surface area contributed by atoms with Crippen LogP contribution in [0.2, 0.25) is 0 Å². The Morgan fingerprint density at radius 1 is 1.33 bits per heavy atom. The van der Waals surface area contributed by atoms with Gasteiger partial charge in [0.1, 0.15) is 0 Å². The summed E-state index contributed by atoms with van der Waals surface area (Å²) in [5, 5.41) is 9.12. The van der Waals surface area contributed by atoms with Crippen molar-refractivity contribution in [2.75, 3.05) is 26.3 Å². The van der Waals surface area contributed by atoms with E-state index in [-0.39, 0.29) is 12.7 Å². The Kier molecular flexibility index (Phi) is 4.75. The molecular weight excluding hydrogens is 226 g/mol. The van der Waals surface area contributed by atoms with Crippen LogP contribution in [-0.2, 0) is 11.3 Å². The Balaban J connectivity index is 1.92. The largest absolute Gasteiger partial charge is 0.394 e. The summed E-state index contributed by atoms with van der Waals surface area (Å²) in [7, 11) is 0. The van der Waals surface area contributed by atoms with Gasteiger partial charge in [-0.1, -0.05) is 38.1 Å². The monoisotopic (exact) mass is 249 g/mol. The first-order valence-electron chi connectivity index (χ1n) is 6.72. The summed E-state index contributed by atoms with van der Waals surface area (Å²) in [6.45, 7) is 7.97. The van der Waals surface area contributed by atoms with E-state index in [4.69, 9.17) is 9.84 Å². The molecule has 1 heterocycles. The SMILES string of the molecule is CC(C)c1ccc(CN2CCOC(CO)C2)cc1. The van der Waals surface area contributed by atoms with Crippen LogP contribution in [0.1, 0.15) is 30.9 Å². The Morgan fingerprint density at radius 3 is 2.67 bits per heavy atom. The highest BCUT2D eigenvalue weighted by molar-refractivity contribution is 5.24. The zero-order chi connectivity index (χ0) is 13.0. The molecular formula is C15H23NO2. The molecule has 2 rings (SSSR count). The van der Waals surface area contributed by atoms with Crippen molar-refractivity contribution in [3.8, 4) is 0 Å². The summed E-state index contributed by atoms with van der Waals surface area (Å²) >= 11 is 0. The highest BCUT2D eigenvalue weighted by Crippen LogP contribution is 2.16. The molecule has 100 valence electrons. The minimum absolute atomic E-state index is 0.0197. The fraction of sp³-hybridized carbons (Fsp3) is 0.600. The van der Waals surface area contributed by atoms with Crippen LogP contribution >= 0.6 is 0 Å². The molecule has 0 aliphatic carbocycles. The molecule has 0 radical (unpaired) electrons. The van der Waals surface area contributed by atoms with E-state index < -0.39 is 0 Å². The van der Waals surface area contributed by atoms with E-state index in [2.05, 4.69) is 43.0 Å². The van der Waals surface area contributed by atoms with Gasteiger partial charge in [-0.15, -0.1) is 0 Å². The Bertz CT molecular complexity index is 361. The summed E-state index contributed by atoms with van der Waals surface area (Å²) in [6.07, 6.45) is -0.0197. The number of nitrogens with zero attached hydrogens (tertiary/aromatic N) is 1. The lowest BCUT2D eigenvalue weighted by atomic mass is 10.0. The third-order valence-corrected chi connectivity index (χ3v) is 3.48. The van der Waals surface area contributed by atoms with Crippen LogP contribution in [0.3, 0.4) is 0 Å². The third kappa shape index (κ3) is 3.55. The van der Waals surface area contributed by atoms with Crippen LogP contribution < -0.4 is 0 Å². The molecule has 1 aliphatic rings. The zero-order valence-corrected chi connectivity index (χ0v) is 11.3. The van der Waals surface area contributed by atoms with Crippen LogP contribution in [0, 0.1) is 0 Å². The lowest BCUT2D eigenvalue weighted by Gasteiger charge is -2.32. The normalized spacial score (nSPS) is 21.4. The van der Waals surface area contributed by atoms with Gasteiger partial charge in [-0.25, -0.2) is 0 Å². The number of aliphatic hydroxyl groups is 1. The van der Waals surface area contributed by atoms with E-state index in [1.54, 1.807) is 0 Å². The maximum atomic E-state index is 9.12. The number of benzene rings is 1. The number of ether oxygens (including phenoxy) is 1. The van der Waals surface area contributed by atoms with Gasteiger partial charge in [0, 0.05) is 19.6 Å². The van der Waals surface area contributed by atoms with Gasteiger partial charge in [0.15, 0.2) is 0 Å². The first-order chi connectivity index (χ1) is 8.69. The van der Waals surface area contributed by atoms with Gasteiger partial charge in [0.05, 0.1) is 19.3 Å². The summed E-state index contributed by atoms with van der Waals surface area (Å²) < 4.78 is 5.45. The van der Waals surface area contributed by atoms with Crippen LogP contribution in [0.25, 0.3) is 0 Å². The smallest absolute Gasteiger partial charge is 0.0933 e. The minimum Gasteiger partial charge on any atom is -0.394 e. The Morgan fingerprint density at radius 2 is 2.06 bits per heavy atom. The van der Waals surface area contributed by atoms with E-state index >= 15 is 0 Å². The van der Waals surface area contributed by atoms with Crippen LogP contribution in [0.5, 0.6) is 0 Å². The molecule has 1 unspecified atom stereocenters. The average Bonchev–Trinajstić information content (AvgIpc) is 2.39. The highest BCUT2D eigenvalue weighted by Gasteiger charge is 2.19. The second kappa shape index (κ2) is 6.32. The van der Waals surface area contributed by atoms with Crippen molar-refractivity contribution >= 4 is 0 Å². The zero-order valence-electron chi connectivity index (χ0n) is 11.3. The fourth-order valence-electron chi connectivity index (χ4n) is 2.30. The van der Waals surface area contributed by atoms with Gasteiger partial charge in [-0.2, -0.15) is 0 Å². The van der Waals surface area contributed by atoms with Crippen LogP contribution in [-0.4, -0.2) is 42.4 Å². The number of hydrogen-bond acceptors (Lipinski definition) is 3.